The number of nitrogens with zero attached hydrogens (tertiary/aromatic N) is 1. The fourth-order valence-corrected chi connectivity index (χ4v) is 1.32. The summed E-state index contributed by atoms with van der Waals surface area (Å²) in [5.74, 6) is -0.422. The van der Waals surface area contributed by atoms with Gasteiger partial charge in [0, 0.05) is 12.6 Å². The predicted octanol–water partition coefficient (Wildman–Crippen LogP) is 1.09. The predicted molar refractivity (Wildman–Crippen MR) is 70.6 cm³/mol. The van der Waals surface area contributed by atoms with Crippen molar-refractivity contribution in [1.29, 1.82) is 0 Å². The first kappa shape index (κ1) is 17.1. The van der Waals surface area contributed by atoms with Crippen molar-refractivity contribution in [2.24, 2.45) is 0 Å². The second kappa shape index (κ2) is 12.5. The highest BCUT2D eigenvalue weighted by molar-refractivity contribution is 5.81. The first-order valence-electron chi connectivity index (χ1n) is 6.41. The minimum absolute atomic E-state index is 0.254. The molecule has 106 valence electrons. The number of hydrogen-bond acceptors (Lipinski definition) is 5. The lowest BCUT2D eigenvalue weighted by molar-refractivity contribution is -0.139. The zero-order chi connectivity index (χ0) is 13.6. The molecule has 0 aromatic heterocycles. The maximum atomic E-state index is 10.7. The van der Waals surface area contributed by atoms with Crippen LogP contribution in [0, 0.1) is 0 Å². The fourth-order valence-electron chi connectivity index (χ4n) is 1.32. The quantitative estimate of drug-likeness (QED) is 0.298. The minimum Gasteiger partial charge on any atom is -0.460 e. The van der Waals surface area contributed by atoms with Crippen LogP contribution in [-0.4, -0.2) is 63.5 Å². The molecule has 0 aliphatic rings. The molecule has 5 nitrogen and oxygen atoms in total. The number of carbonyl (C=O) groups is 1. The molecule has 0 spiro atoms. The van der Waals surface area contributed by atoms with Crippen LogP contribution in [0.15, 0.2) is 12.7 Å². The summed E-state index contributed by atoms with van der Waals surface area (Å²) in [7, 11) is 0. The topological polar surface area (TPSA) is 48.0 Å². The molecule has 0 aliphatic carbocycles. The summed E-state index contributed by atoms with van der Waals surface area (Å²) in [5, 5.41) is 0. The second-order valence-corrected chi connectivity index (χ2v) is 3.62. The van der Waals surface area contributed by atoms with Gasteiger partial charge in [0.05, 0.1) is 26.4 Å². The Morgan fingerprint density at radius 1 is 1.06 bits per heavy atom. The van der Waals surface area contributed by atoms with Gasteiger partial charge in [0.1, 0.15) is 6.61 Å². The van der Waals surface area contributed by atoms with Crippen LogP contribution in [0.1, 0.15) is 13.8 Å². The first-order chi connectivity index (χ1) is 8.74. The molecule has 0 aromatic rings. The van der Waals surface area contributed by atoms with Crippen molar-refractivity contribution < 1.29 is 19.0 Å². The number of esters is 1. The van der Waals surface area contributed by atoms with Crippen molar-refractivity contribution >= 4 is 5.97 Å². The summed E-state index contributed by atoms with van der Waals surface area (Å²) >= 11 is 0. The lowest BCUT2D eigenvalue weighted by atomic mass is 10.5. The van der Waals surface area contributed by atoms with E-state index in [2.05, 4.69) is 25.3 Å². The Morgan fingerprint density at radius 3 is 2.17 bits per heavy atom. The molecular formula is C13H25NO4. The minimum atomic E-state index is -0.422. The van der Waals surface area contributed by atoms with Gasteiger partial charge in [-0.25, -0.2) is 4.79 Å². The summed E-state index contributed by atoms with van der Waals surface area (Å²) in [5.41, 5.74) is 0. The van der Waals surface area contributed by atoms with Crippen molar-refractivity contribution in [2.75, 3.05) is 52.7 Å². The van der Waals surface area contributed by atoms with E-state index in [1.54, 1.807) is 0 Å². The zero-order valence-electron chi connectivity index (χ0n) is 11.5. The van der Waals surface area contributed by atoms with Gasteiger partial charge in [-0.2, -0.15) is 0 Å². The van der Waals surface area contributed by atoms with E-state index in [1.165, 1.54) is 0 Å². The zero-order valence-corrected chi connectivity index (χ0v) is 11.5. The third kappa shape index (κ3) is 10.3. The molecule has 0 fully saturated rings. The van der Waals surface area contributed by atoms with Crippen LogP contribution in [0.5, 0.6) is 0 Å². The first-order valence-corrected chi connectivity index (χ1v) is 6.41. The largest absolute Gasteiger partial charge is 0.460 e. The number of rotatable bonds is 12. The van der Waals surface area contributed by atoms with Crippen LogP contribution in [0.2, 0.25) is 0 Å². The Morgan fingerprint density at radius 2 is 1.61 bits per heavy atom. The van der Waals surface area contributed by atoms with E-state index in [0.717, 1.165) is 32.3 Å². The summed E-state index contributed by atoms with van der Waals surface area (Å²) in [4.78, 5) is 13.0. The number of carbonyl (C=O) groups excluding carboxylic acids is 1. The number of ether oxygens (including phenoxy) is 3. The highest BCUT2D eigenvalue weighted by Gasteiger charge is 1.98. The Hall–Kier alpha value is -0.910. The van der Waals surface area contributed by atoms with Crippen molar-refractivity contribution in [3.05, 3.63) is 12.7 Å². The van der Waals surface area contributed by atoms with E-state index < -0.39 is 5.97 Å². The highest BCUT2D eigenvalue weighted by atomic mass is 16.6. The number of hydrogen-bond donors (Lipinski definition) is 0. The van der Waals surface area contributed by atoms with Gasteiger partial charge < -0.3 is 19.1 Å². The Balaban J connectivity index is 3.16. The van der Waals surface area contributed by atoms with Gasteiger partial charge in [-0.1, -0.05) is 20.4 Å². The maximum Gasteiger partial charge on any atom is 0.330 e. The average molecular weight is 259 g/mol. The molecule has 0 amide bonds. The van der Waals surface area contributed by atoms with Crippen LogP contribution < -0.4 is 0 Å². The molecule has 0 radical (unpaired) electrons. The van der Waals surface area contributed by atoms with Crippen molar-refractivity contribution in [3.8, 4) is 0 Å². The van der Waals surface area contributed by atoms with Gasteiger partial charge in [-0.05, 0) is 13.1 Å². The van der Waals surface area contributed by atoms with Gasteiger partial charge in [0.25, 0.3) is 0 Å². The second-order valence-electron chi connectivity index (χ2n) is 3.62. The molecule has 0 atom stereocenters. The molecule has 0 heterocycles. The lowest BCUT2D eigenvalue weighted by Gasteiger charge is -2.17. The Labute approximate surface area is 110 Å². The third-order valence-electron chi connectivity index (χ3n) is 2.46. The monoisotopic (exact) mass is 259 g/mol. The van der Waals surface area contributed by atoms with E-state index in [-0.39, 0.29) is 6.61 Å². The van der Waals surface area contributed by atoms with Gasteiger partial charge >= 0.3 is 5.97 Å². The highest BCUT2D eigenvalue weighted by Crippen LogP contribution is 1.87. The van der Waals surface area contributed by atoms with Crippen molar-refractivity contribution in [3.63, 3.8) is 0 Å². The van der Waals surface area contributed by atoms with Crippen LogP contribution in [0.4, 0.5) is 0 Å². The molecular weight excluding hydrogens is 234 g/mol. The average Bonchev–Trinajstić information content (AvgIpc) is 2.40. The summed E-state index contributed by atoms with van der Waals surface area (Å²) in [6.07, 6.45) is 1.14. The molecule has 0 aromatic carbocycles. The molecule has 0 bridgehead atoms. The Bertz CT molecular complexity index is 217. The van der Waals surface area contributed by atoms with Crippen LogP contribution in [0.3, 0.4) is 0 Å². The standard InChI is InChI=1S/C13H25NO4/c1-4-13(15)18-12-11-17-10-9-16-8-7-14(5-2)6-3/h4H,1,5-12H2,2-3H3. The molecule has 0 saturated heterocycles. The van der Waals surface area contributed by atoms with E-state index in [9.17, 15) is 4.79 Å². The van der Waals surface area contributed by atoms with E-state index in [4.69, 9.17) is 14.2 Å². The van der Waals surface area contributed by atoms with Crippen LogP contribution >= 0.6 is 0 Å². The summed E-state index contributed by atoms with van der Waals surface area (Å²) < 4.78 is 15.4. The lowest BCUT2D eigenvalue weighted by Crippen LogP contribution is -2.27. The van der Waals surface area contributed by atoms with E-state index >= 15 is 0 Å². The molecule has 5 heteroatoms. The van der Waals surface area contributed by atoms with E-state index in [1.807, 2.05) is 0 Å². The normalized spacial score (nSPS) is 10.6. The molecule has 0 saturated carbocycles. The SMILES string of the molecule is C=CC(=O)OCCOCCOCCN(CC)CC. The Kier molecular flexibility index (Phi) is 11.9. The number of likely N-dealkylation sites (N-methyl/N-ethyl adjacent to an activating group) is 1. The molecule has 0 unspecified atom stereocenters. The van der Waals surface area contributed by atoms with Gasteiger partial charge in [-0.15, -0.1) is 0 Å². The van der Waals surface area contributed by atoms with E-state index in [0.29, 0.717) is 19.8 Å². The maximum absolute atomic E-state index is 10.7. The molecule has 18 heavy (non-hydrogen) atoms. The molecule has 0 rings (SSSR count). The van der Waals surface area contributed by atoms with Crippen LogP contribution in [0.25, 0.3) is 0 Å². The van der Waals surface area contributed by atoms with Crippen molar-refractivity contribution in [1.82, 2.24) is 4.90 Å². The summed E-state index contributed by atoms with van der Waals surface area (Å²) in [6, 6.07) is 0. The fraction of sp³-hybridized carbons (Fsp3) is 0.769. The molecule has 0 aliphatic heterocycles. The summed E-state index contributed by atoms with van der Waals surface area (Å²) in [6.45, 7) is 13.1. The molecule has 0 N–H and O–H groups in total. The smallest absolute Gasteiger partial charge is 0.330 e. The van der Waals surface area contributed by atoms with Gasteiger partial charge in [-0.3, -0.25) is 0 Å². The third-order valence-corrected chi connectivity index (χ3v) is 2.46. The van der Waals surface area contributed by atoms with Crippen molar-refractivity contribution in [2.45, 2.75) is 13.8 Å². The van der Waals surface area contributed by atoms with Gasteiger partial charge in [0.2, 0.25) is 0 Å². The van der Waals surface area contributed by atoms with Crippen LogP contribution in [-0.2, 0) is 19.0 Å². The van der Waals surface area contributed by atoms with Gasteiger partial charge in [0.15, 0.2) is 0 Å².